The summed E-state index contributed by atoms with van der Waals surface area (Å²) in [5.41, 5.74) is 0.521. The summed E-state index contributed by atoms with van der Waals surface area (Å²) in [6.07, 6.45) is 1.92. The second-order valence-corrected chi connectivity index (χ2v) is 10.8. The molecule has 38 heavy (non-hydrogen) atoms. The highest BCUT2D eigenvalue weighted by atomic mass is 32.2. The molecule has 1 saturated heterocycles. The Bertz CT molecular complexity index is 1240. The number of benzene rings is 2. The number of unbranched alkanes of at least 4 members (excludes halogenated alkanes) is 1. The van der Waals surface area contributed by atoms with E-state index in [4.69, 9.17) is 9.47 Å². The third-order valence-electron chi connectivity index (χ3n) is 6.56. The van der Waals surface area contributed by atoms with E-state index in [1.54, 1.807) is 41.8 Å². The summed E-state index contributed by atoms with van der Waals surface area (Å²) in [7, 11) is -2.30. The lowest BCUT2D eigenvalue weighted by Gasteiger charge is -2.36. The Morgan fingerprint density at radius 3 is 2.29 bits per heavy atom. The van der Waals surface area contributed by atoms with Gasteiger partial charge in [-0.3, -0.25) is 14.9 Å². The predicted molar refractivity (Wildman–Crippen MR) is 145 cm³/mol. The smallest absolute Gasteiger partial charge is 0.293 e. The van der Waals surface area contributed by atoms with Crippen LogP contribution in [0.25, 0.3) is 0 Å². The summed E-state index contributed by atoms with van der Waals surface area (Å²) in [6.45, 7) is 8.06. The molecular formula is C26H36N4O7S. The van der Waals surface area contributed by atoms with E-state index < -0.39 is 14.9 Å². The van der Waals surface area contributed by atoms with Gasteiger partial charge in [0.1, 0.15) is 5.69 Å². The second-order valence-electron chi connectivity index (χ2n) is 8.84. The topological polar surface area (TPSA) is 123 Å². The average molecular weight is 549 g/mol. The van der Waals surface area contributed by atoms with Crippen LogP contribution in [0.2, 0.25) is 0 Å². The Labute approximate surface area is 224 Å². The lowest BCUT2D eigenvalue weighted by molar-refractivity contribution is -0.384. The van der Waals surface area contributed by atoms with Gasteiger partial charge in [-0.15, -0.1) is 0 Å². The van der Waals surface area contributed by atoms with E-state index in [0.717, 1.165) is 18.9 Å². The highest BCUT2D eigenvalue weighted by Crippen LogP contribution is 2.33. The van der Waals surface area contributed by atoms with Crippen LogP contribution >= 0.6 is 0 Å². The van der Waals surface area contributed by atoms with Crippen LogP contribution in [-0.2, 0) is 10.0 Å². The number of nitrogens with zero attached hydrogens (tertiary/aromatic N) is 4. The maximum Gasteiger partial charge on any atom is 0.293 e. The molecule has 12 heteroatoms. The summed E-state index contributed by atoms with van der Waals surface area (Å²) in [4.78, 5) is 27.9. The number of sulfonamides is 1. The molecule has 2 aromatic rings. The number of ether oxygens (including phenoxy) is 2. The first-order valence-electron chi connectivity index (χ1n) is 12.8. The summed E-state index contributed by atoms with van der Waals surface area (Å²) < 4.78 is 38.2. The molecule has 2 aromatic carbocycles. The number of piperazine rings is 1. The zero-order chi connectivity index (χ0) is 27.9. The van der Waals surface area contributed by atoms with E-state index in [1.807, 2.05) is 0 Å². The standard InChI is InChI=1S/C26H36N4O7S/c1-5-8-17-37-24-12-9-20(18-25(24)36-4)26(31)28-15-13-27(14-16-28)22-11-10-21(19-23(22)30(32)33)38(34,35)29(6-2)7-3/h9-12,18-19H,5-8,13-17H2,1-4H3. The molecule has 1 fully saturated rings. The SMILES string of the molecule is CCCCOc1ccc(C(=O)N2CCN(c3ccc(S(=O)(=O)N(CC)CC)cc3[N+](=O)[O-])CC2)cc1OC. The summed E-state index contributed by atoms with van der Waals surface area (Å²) in [5, 5.41) is 11.9. The van der Waals surface area contributed by atoms with Crippen molar-refractivity contribution in [2.45, 2.75) is 38.5 Å². The Hall–Kier alpha value is -3.38. The minimum atomic E-state index is -3.83. The molecule has 11 nitrogen and oxygen atoms in total. The van der Waals surface area contributed by atoms with Gasteiger partial charge in [0.15, 0.2) is 11.5 Å². The summed E-state index contributed by atoms with van der Waals surface area (Å²) in [5.74, 6) is 0.903. The normalized spacial score (nSPS) is 14.0. The first kappa shape index (κ1) is 29.2. The number of nitro groups is 1. The maximum absolute atomic E-state index is 13.2. The van der Waals surface area contributed by atoms with Gasteiger partial charge in [0.05, 0.1) is 23.5 Å². The lowest BCUT2D eigenvalue weighted by atomic mass is 10.1. The van der Waals surface area contributed by atoms with Crippen molar-refractivity contribution >= 4 is 27.3 Å². The first-order valence-corrected chi connectivity index (χ1v) is 14.3. The van der Waals surface area contributed by atoms with E-state index in [1.165, 1.54) is 23.5 Å². The fraction of sp³-hybridized carbons (Fsp3) is 0.500. The third kappa shape index (κ3) is 6.36. The predicted octanol–water partition coefficient (Wildman–Crippen LogP) is 3.78. The summed E-state index contributed by atoms with van der Waals surface area (Å²) >= 11 is 0. The molecule has 1 aliphatic rings. The van der Waals surface area contributed by atoms with Crippen LogP contribution in [0.3, 0.4) is 0 Å². The van der Waals surface area contributed by atoms with E-state index in [-0.39, 0.29) is 29.6 Å². The molecule has 0 N–H and O–H groups in total. The van der Waals surface area contributed by atoms with Crippen molar-refractivity contribution in [3.63, 3.8) is 0 Å². The largest absolute Gasteiger partial charge is 0.493 e. The van der Waals surface area contributed by atoms with Crippen LogP contribution in [0, 0.1) is 10.1 Å². The van der Waals surface area contributed by atoms with Crippen molar-refractivity contribution in [2.24, 2.45) is 0 Å². The number of rotatable bonds is 12. The van der Waals surface area contributed by atoms with Crippen LogP contribution in [0.5, 0.6) is 11.5 Å². The lowest BCUT2D eigenvalue weighted by Crippen LogP contribution is -2.49. The number of nitro benzene ring substituents is 1. The molecule has 0 unspecified atom stereocenters. The monoisotopic (exact) mass is 548 g/mol. The molecule has 0 saturated carbocycles. The fourth-order valence-corrected chi connectivity index (χ4v) is 5.85. The van der Waals surface area contributed by atoms with Gasteiger partial charge in [-0.05, 0) is 36.8 Å². The number of methoxy groups -OCH3 is 1. The average Bonchev–Trinajstić information content (AvgIpc) is 2.93. The van der Waals surface area contributed by atoms with Gasteiger partial charge in [-0.2, -0.15) is 4.31 Å². The van der Waals surface area contributed by atoms with Gasteiger partial charge < -0.3 is 19.3 Å². The zero-order valence-corrected chi connectivity index (χ0v) is 23.2. The fourth-order valence-electron chi connectivity index (χ4n) is 4.37. The number of anilines is 1. The minimum absolute atomic E-state index is 0.110. The van der Waals surface area contributed by atoms with Crippen molar-refractivity contribution in [1.29, 1.82) is 0 Å². The van der Waals surface area contributed by atoms with Crippen molar-refractivity contribution < 1.29 is 27.6 Å². The molecule has 0 spiro atoms. The Morgan fingerprint density at radius 2 is 1.71 bits per heavy atom. The van der Waals surface area contributed by atoms with E-state index in [9.17, 15) is 23.3 Å². The molecule has 1 amide bonds. The van der Waals surface area contributed by atoms with Crippen LogP contribution in [0.1, 0.15) is 44.0 Å². The van der Waals surface area contributed by atoms with Gasteiger partial charge in [0.2, 0.25) is 10.0 Å². The van der Waals surface area contributed by atoms with Crippen LogP contribution in [-0.4, -0.2) is 81.4 Å². The molecule has 0 bridgehead atoms. The van der Waals surface area contributed by atoms with E-state index in [2.05, 4.69) is 6.92 Å². The Morgan fingerprint density at radius 1 is 1.03 bits per heavy atom. The second kappa shape index (κ2) is 12.9. The molecule has 0 radical (unpaired) electrons. The first-order chi connectivity index (χ1) is 18.2. The van der Waals surface area contributed by atoms with Crippen LogP contribution < -0.4 is 14.4 Å². The van der Waals surface area contributed by atoms with Crippen molar-refractivity contribution in [3.05, 3.63) is 52.1 Å². The van der Waals surface area contributed by atoms with E-state index >= 15 is 0 Å². The highest BCUT2D eigenvalue weighted by Gasteiger charge is 2.30. The summed E-state index contributed by atoms with van der Waals surface area (Å²) in [6, 6.07) is 9.11. The Kier molecular flexibility index (Phi) is 9.92. The van der Waals surface area contributed by atoms with E-state index in [0.29, 0.717) is 55.5 Å². The number of carbonyl (C=O) groups excluding carboxylic acids is 1. The molecule has 1 heterocycles. The number of amides is 1. The molecule has 208 valence electrons. The number of hydrogen-bond acceptors (Lipinski definition) is 8. The minimum Gasteiger partial charge on any atom is -0.493 e. The van der Waals surface area contributed by atoms with Crippen molar-refractivity contribution in [3.8, 4) is 11.5 Å². The molecule has 0 aliphatic carbocycles. The number of hydrogen-bond donors (Lipinski definition) is 0. The maximum atomic E-state index is 13.2. The quantitative estimate of drug-likeness (QED) is 0.223. The van der Waals surface area contributed by atoms with Crippen LogP contribution in [0.4, 0.5) is 11.4 Å². The zero-order valence-electron chi connectivity index (χ0n) is 22.4. The van der Waals surface area contributed by atoms with Crippen molar-refractivity contribution in [1.82, 2.24) is 9.21 Å². The molecule has 3 rings (SSSR count). The Balaban J connectivity index is 1.74. The molecular weight excluding hydrogens is 512 g/mol. The van der Waals surface area contributed by atoms with Gasteiger partial charge in [-0.1, -0.05) is 27.2 Å². The van der Waals surface area contributed by atoms with Gasteiger partial charge in [0, 0.05) is 50.9 Å². The number of carbonyl (C=O) groups is 1. The van der Waals surface area contributed by atoms with Crippen molar-refractivity contribution in [2.75, 3.05) is 57.9 Å². The molecule has 0 atom stereocenters. The molecule has 1 aliphatic heterocycles. The van der Waals surface area contributed by atoms with Gasteiger partial charge >= 0.3 is 0 Å². The van der Waals surface area contributed by atoms with Gasteiger partial charge in [-0.25, -0.2) is 8.42 Å². The molecule has 0 aromatic heterocycles. The van der Waals surface area contributed by atoms with Gasteiger partial charge in [0.25, 0.3) is 11.6 Å². The third-order valence-corrected chi connectivity index (χ3v) is 8.61. The van der Waals surface area contributed by atoms with Crippen LogP contribution in [0.15, 0.2) is 41.3 Å². The highest BCUT2D eigenvalue weighted by molar-refractivity contribution is 7.89.